The van der Waals surface area contributed by atoms with Crippen molar-refractivity contribution in [1.82, 2.24) is 29.5 Å². The number of ether oxygens (including phenoxy) is 1. The molecule has 5 atom stereocenters. The third-order valence-electron chi connectivity index (χ3n) is 9.50. The molecule has 3 aromatic rings. The molecule has 2 aromatic heterocycles. The molecule has 4 fully saturated rings. The van der Waals surface area contributed by atoms with Crippen LogP contribution in [-0.2, 0) is 11.0 Å². The number of halogens is 3. The van der Waals surface area contributed by atoms with E-state index in [1.165, 1.54) is 23.5 Å². The predicted octanol–water partition coefficient (Wildman–Crippen LogP) is 3.47. The molecule has 1 aromatic carbocycles. The van der Waals surface area contributed by atoms with E-state index in [1.54, 1.807) is 0 Å². The number of piperazine rings is 1. The molecule has 0 saturated carbocycles. The van der Waals surface area contributed by atoms with Crippen LogP contribution in [-0.4, -0.2) is 92.0 Å². The van der Waals surface area contributed by atoms with E-state index in [1.807, 2.05) is 4.90 Å². The van der Waals surface area contributed by atoms with Gasteiger partial charge in [0, 0.05) is 50.7 Å². The zero-order valence-electron chi connectivity index (χ0n) is 23.5. The van der Waals surface area contributed by atoms with E-state index in [-0.39, 0.29) is 61.9 Å². The first-order chi connectivity index (χ1) is 20.7. The lowest BCUT2D eigenvalue weighted by atomic mass is 9.95. The van der Waals surface area contributed by atoms with E-state index >= 15 is 4.39 Å². The molecule has 5 aliphatic rings. The fraction of sp³-hybridized carbons (Fsp3) is 0.536. The van der Waals surface area contributed by atoms with Crippen LogP contribution in [0.4, 0.5) is 24.1 Å². The van der Waals surface area contributed by atoms with Gasteiger partial charge in [-0.2, -0.15) is 9.97 Å². The average molecular weight is 633 g/mol. The van der Waals surface area contributed by atoms with Crippen molar-refractivity contribution >= 4 is 55.0 Å². The number of nitrogens with zero attached hydrogens (tertiary/aromatic N) is 6. The highest BCUT2D eigenvalue weighted by Gasteiger charge is 2.49. The quantitative estimate of drug-likeness (QED) is 0.437. The number of fused-ring (bicyclic) bond motifs is 5. The summed E-state index contributed by atoms with van der Waals surface area (Å²) in [7, 11) is -0.383. The highest BCUT2D eigenvalue weighted by Crippen LogP contribution is 2.46. The Morgan fingerprint density at radius 2 is 1.98 bits per heavy atom. The van der Waals surface area contributed by atoms with Crippen LogP contribution in [0.1, 0.15) is 43.4 Å². The molecule has 3 N–H and O–H groups in total. The summed E-state index contributed by atoms with van der Waals surface area (Å²) < 4.78 is 67.7. The largest absolute Gasteiger partial charge is 0.461 e. The van der Waals surface area contributed by atoms with Gasteiger partial charge in [-0.25, -0.2) is 22.4 Å². The van der Waals surface area contributed by atoms with E-state index in [4.69, 9.17) is 15.5 Å². The summed E-state index contributed by atoms with van der Waals surface area (Å²) in [5.41, 5.74) is 5.73. The van der Waals surface area contributed by atoms with Crippen molar-refractivity contribution in [2.45, 2.75) is 60.8 Å². The number of alkyl halides is 1. The monoisotopic (exact) mass is 632 g/mol. The number of rotatable bonds is 5. The Morgan fingerprint density at radius 1 is 1.19 bits per heavy atom. The number of hydrogen-bond acceptors (Lipinski definition) is 10. The molecular weight excluding hydrogens is 601 g/mol. The molecule has 8 rings (SSSR count). The molecule has 43 heavy (non-hydrogen) atoms. The third kappa shape index (κ3) is 4.33. The van der Waals surface area contributed by atoms with Crippen molar-refractivity contribution in [1.29, 1.82) is 0 Å². The van der Waals surface area contributed by atoms with E-state index in [0.29, 0.717) is 31.9 Å². The molecule has 0 aliphatic carbocycles. The number of thiazole rings is 1. The number of anilines is 2. The number of benzene rings is 1. The van der Waals surface area contributed by atoms with Crippen LogP contribution in [0.2, 0.25) is 0 Å². The Hall–Kier alpha value is -3.01. The van der Waals surface area contributed by atoms with Gasteiger partial charge in [-0.3, -0.25) is 9.21 Å². The van der Waals surface area contributed by atoms with E-state index in [9.17, 15) is 13.0 Å². The molecule has 7 heterocycles. The van der Waals surface area contributed by atoms with Gasteiger partial charge in [-0.05, 0) is 44.4 Å². The smallest absolute Gasteiger partial charge is 0.319 e. The standard InChI is InChI=1S/C28H31F3N8O2S2/c1-37-22(17-5-6-18(30)23-20(17)34-26(32)42-23)19(31)21-24(43(37)40)25(38-11-15-3-4-16(12-38)33-15)36-27(35-21)41-13-28-7-2-8-39(28)10-14(29)9-28/h5-6,14-16,33H,2-4,7-13H2,1H3,(H2,32,34)/t14-,15?,16?,28+,43?/m1/s1. The van der Waals surface area contributed by atoms with Crippen molar-refractivity contribution in [3.8, 4) is 6.01 Å². The average Bonchev–Trinajstić information content (AvgIpc) is 3.73. The molecule has 2 bridgehead atoms. The first kappa shape index (κ1) is 27.5. The van der Waals surface area contributed by atoms with Crippen LogP contribution < -0.4 is 20.7 Å². The lowest BCUT2D eigenvalue weighted by molar-refractivity contribution is 0.107. The van der Waals surface area contributed by atoms with Gasteiger partial charge in [0.15, 0.2) is 27.8 Å². The maximum Gasteiger partial charge on any atom is 0.319 e. The van der Waals surface area contributed by atoms with Crippen LogP contribution >= 0.6 is 11.3 Å². The summed E-state index contributed by atoms with van der Waals surface area (Å²) in [5.74, 6) is -0.894. The lowest BCUT2D eigenvalue weighted by Gasteiger charge is -2.37. The van der Waals surface area contributed by atoms with E-state index in [2.05, 4.69) is 20.2 Å². The molecule has 0 amide bonds. The summed E-state index contributed by atoms with van der Waals surface area (Å²) in [6.45, 7) is 2.61. The Bertz CT molecular complexity index is 1690. The van der Waals surface area contributed by atoms with E-state index in [0.717, 1.165) is 43.6 Å². The minimum Gasteiger partial charge on any atom is -0.461 e. The Labute approximate surface area is 252 Å². The summed E-state index contributed by atoms with van der Waals surface area (Å²) in [5, 5.41) is 3.72. The number of aromatic nitrogens is 3. The van der Waals surface area contributed by atoms with Gasteiger partial charge >= 0.3 is 6.01 Å². The first-order valence-corrected chi connectivity index (χ1v) is 16.5. The summed E-state index contributed by atoms with van der Waals surface area (Å²) in [6.07, 6.45) is 3.23. The van der Waals surface area contributed by atoms with Crippen molar-refractivity contribution in [3.63, 3.8) is 0 Å². The van der Waals surface area contributed by atoms with Crippen molar-refractivity contribution in [2.24, 2.45) is 0 Å². The van der Waals surface area contributed by atoms with Gasteiger partial charge in [0.2, 0.25) is 0 Å². The zero-order chi connectivity index (χ0) is 29.6. The van der Waals surface area contributed by atoms with Gasteiger partial charge in [0.05, 0.1) is 21.5 Å². The molecule has 4 saturated heterocycles. The van der Waals surface area contributed by atoms with Gasteiger partial charge in [-0.1, -0.05) is 11.3 Å². The number of hydrogen-bond donors (Lipinski definition) is 2. The number of nitrogens with two attached hydrogens (primary N) is 1. The Kier molecular flexibility index (Phi) is 6.41. The van der Waals surface area contributed by atoms with Crippen LogP contribution in [0, 0.1) is 5.82 Å². The number of nitrogens with one attached hydrogen (secondary N) is 1. The third-order valence-corrected chi connectivity index (χ3v) is 11.8. The topological polar surface area (TPSA) is 113 Å². The van der Waals surface area contributed by atoms with Crippen LogP contribution in [0.15, 0.2) is 17.0 Å². The molecule has 228 valence electrons. The minimum absolute atomic E-state index is 0.0336. The van der Waals surface area contributed by atoms with Gasteiger partial charge < -0.3 is 20.7 Å². The summed E-state index contributed by atoms with van der Waals surface area (Å²) in [6, 6.07) is 3.09. The molecule has 5 aliphatic heterocycles. The van der Waals surface area contributed by atoms with Crippen LogP contribution in [0.5, 0.6) is 6.01 Å². The molecule has 10 nitrogen and oxygen atoms in total. The molecule has 0 radical (unpaired) electrons. The zero-order valence-corrected chi connectivity index (χ0v) is 25.1. The van der Waals surface area contributed by atoms with Crippen molar-refractivity contribution < 1.29 is 22.1 Å². The van der Waals surface area contributed by atoms with Crippen molar-refractivity contribution in [2.75, 3.05) is 50.5 Å². The highest BCUT2D eigenvalue weighted by molar-refractivity contribution is 7.83. The van der Waals surface area contributed by atoms with Crippen LogP contribution in [0.3, 0.4) is 0 Å². The lowest BCUT2D eigenvalue weighted by Crippen LogP contribution is -2.52. The van der Waals surface area contributed by atoms with Crippen molar-refractivity contribution in [3.05, 3.63) is 29.2 Å². The van der Waals surface area contributed by atoms with Gasteiger partial charge in [-0.15, -0.1) is 0 Å². The van der Waals surface area contributed by atoms with Crippen LogP contribution in [0.25, 0.3) is 21.7 Å². The Balaban J connectivity index is 1.26. The second-order valence-corrected chi connectivity index (χ2v) is 14.6. The maximum absolute atomic E-state index is 16.8. The SMILES string of the molecule is CN1C(c2ccc(F)c3sc(N)nc23)=C(F)c2nc(OC[C@@]34CCCN3C[C@H](F)C4)nc(N3CC4CCC(C3)N4)c2S1=O. The molecule has 3 unspecified atom stereocenters. The highest BCUT2D eigenvalue weighted by atomic mass is 32.2. The molecular formula is C28H31F3N8O2S2. The number of nitrogen functional groups attached to an aromatic ring is 1. The maximum atomic E-state index is 16.8. The second kappa shape index (κ2) is 10.0. The molecule has 0 spiro atoms. The fourth-order valence-electron chi connectivity index (χ4n) is 7.57. The van der Waals surface area contributed by atoms with E-state index < -0.39 is 34.3 Å². The van der Waals surface area contributed by atoms with Gasteiger partial charge in [0.25, 0.3) is 0 Å². The summed E-state index contributed by atoms with van der Waals surface area (Å²) in [4.78, 5) is 17.8. The van der Waals surface area contributed by atoms with Gasteiger partial charge in [0.1, 0.15) is 29.2 Å². The second-order valence-electron chi connectivity index (χ2n) is 12.1. The first-order valence-electron chi connectivity index (χ1n) is 14.6. The predicted molar refractivity (Wildman–Crippen MR) is 159 cm³/mol. The molecule has 15 heteroatoms. The fourth-order valence-corrected chi connectivity index (χ4v) is 9.58. The minimum atomic E-state index is -1.91. The summed E-state index contributed by atoms with van der Waals surface area (Å²) >= 11 is 0.965. The Morgan fingerprint density at radius 3 is 2.77 bits per heavy atom. The normalized spacial score (nSPS) is 30.4.